The van der Waals surface area contributed by atoms with Gasteiger partial charge < -0.3 is 5.32 Å². The standard InChI is InChI=1S/C20H24F3N3O/c1-6-14-16(17(20(21,22)23)25-26(14)5)18(27)24-13-9-7-8-12-15(13)11(2)10-19(12,3)4/h7-9,11H,6,10H2,1-5H3,(H,24,27). The van der Waals surface area contributed by atoms with Crippen molar-refractivity contribution in [2.75, 3.05) is 5.32 Å². The summed E-state index contributed by atoms with van der Waals surface area (Å²) in [6.45, 7) is 8.06. The molecule has 0 saturated heterocycles. The van der Waals surface area contributed by atoms with Crippen LogP contribution in [0, 0.1) is 0 Å². The van der Waals surface area contributed by atoms with Crippen LogP contribution in [0.2, 0.25) is 0 Å². The van der Waals surface area contributed by atoms with Gasteiger partial charge in [-0.25, -0.2) is 0 Å². The van der Waals surface area contributed by atoms with Crippen LogP contribution in [0.3, 0.4) is 0 Å². The number of amides is 1. The number of nitrogens with zero attached hydrogens (tertiary/aromatic N) is 2. The number of aryl methyl sites for hydroxylation is 1. The number of alkyl halides is 3. The van der Waals surface area contributed by atoms with E-state index < -0.39 is 23.3 Å². The average molecular weight is 379 g/mol. The highest BCUT2D eigenvalue weighted by Gasteiger charge is 2.41. The number of fused-ring (bicyclic) bond motifs is 1. The lowest BCUT2D eigenvalue weighted by Gasteiger charge is -2.19. The molecule has 1 atom stereocenters. The number of hydrogen-bond acceptors (Lipinski definition) is 2. The van der Waals surface area contributed by atoms with Gasteiger partial charge in [-0.2, -0.15) is 18.3 Å². The Morgan fingerprint density at radius 3 is 2.63 bits per heavy atom. The predicted octanol–water partition coefficient (Wildman–Crippen LogP) is 5.04. The second-order valence-corrected chi connectivity index (χ2v) is 7.86. The molecule has 4 nitrogen and oxygen atoms in total. The zero-order chi connectivity index (χ0) is 20.1. The molecule has 0 aliphatic heterocycles. The fourth-order valence-corrected chi connectivity index (χ4v) is 4.36. The van der Waals surface area contributed by atoms with Gasteiger partial charge in [0.25, 0.3) is 5.91 Å². The summed E-state index contributed by atoms with van der Waals surface area (Å²) in [5.74, 6) is -0.550. The van der Waals surface area contributed by atoms with E-state index in [9.17, 15) is 18.0 Å². The smallest absolute Gasteiger partial charge is 0.322 e. The molecule has 7 heteroatoms. The maximum atomic E-state index is 13.4. The Balaban J connectivity index is 2.05. The molecule has 146 valence electrons. The third kappa shape index (κ3) is 3.24. The zero-order valence-electron chi connectivity index (χ0n) is 16.2. The summed E-state index contributed by atoms with van der Waals surface area (Å²) >= 11 is 0. The van der Waals surface area contributed by atoms with E-state index in [4.69, 9.17) is 0 Å². The van der Waals surface area contributed by atoms with Gasteiger partial charge in [0.15, 0.2) is 5.69 Å². The Hall–Kier alpha value is -2.31. The van der Waals surface area contributed by atoms with E-state index in [2.05, 4.69) is 31.2 Å². The summed E-state index contributed by atoms with van der Waals surface area (Å²) in [4.78, 5) is 12.9. The van der Waals surface area contributed by atoms with Crippen LogP contribution in [0.15, 0.2) is 18.2 Å². The molecule has 1 aromatic heterocycles. The quantitative estimate of drug-likeness (QED) is 0.812. The second-order valence-electron chi connectivity index (χ2n) is 7.86. The van der Waals surface area contributed by atoms with Gasteiger partial charge in [0, 0.05) is 12.7 Å². The third-order valence-electron chi connectivity index (χ3n) is 5.39. The van der Waals surface area contributed by atoms with E-state index in [1.165, 1.54) is 7.05 Å². The van der Waals surface area contributed by atoms with Gasteiger partial charge >= 0.3 is 6.18 Å². The van der Waals surface area contributed by atoms with Crippen LogP contribution in [0.1, 0.15) is 72.9 Å². The molecule has 2 aromatic rings. The first-order valence-corrected chi connectivity index (χ1v) is 9.05. The van der Waals surface area contributed by atoms with Gasteiger partial charge in [0.2, 0.25) is 0 Å². The third-order valence-corrected chi connectivity index (χ3v) is 5.39. The maximum Gasteiger partial charge on any atom is 0.435 e. The van der Waals surface area contributed by atoms with Gasteiger partial charge in [-0.1, -0.05) is 39.8 Å². The monoisotopic (exact) mass is 379 g/mol. The first-order valence-electron chi connectivity index (χ1n) is 9.05. The second kappa shape index (κ2) is 6.39. The fraction of sp³-hybridized carbons (Fsp3) is 0.500. The van der Waals surface area contributed by atoms with Crippen LogP contribution in [-0.4, -0.2) is 15.7 Å². The number of carbonyl (C=O) groups excluding carboxylic acids is 1. The summed E-state index contributed by atoms with van der Waals surface area (Å²) in [5.41, 5.74) is 1.41. The molecule has 1 aliphatic rings. The normalized spacial score (nSPS) is 18.4. The molecule has 0 spiro atoms. The molecule has 0 radical (unpaired) electrons. The minimum Gasteiger partial charge on any atom is -0.322 e. The van der Waals surface area contributed by atoms with Crippen molar-refractivity contribution >= 4 is 11.6 Å². The Bertz CT molecular complexity index is 897. The molecule has 0 bridgehead atoms. The van der Waals surface area contributed by atoms with Crippen LogP contribution in [0.4, 0.5) is 18.9 Å². The van der Waals surface area contributed by atoms with Crippen LogP contribution in [0.5, 0.6) is 0 Å². The molecule has 1 heterocycles. The molecule has 3 rings (SSSR count). The molecule has 1 N–H and O–H groups in total. The van der Waals surface area contributed by atoms with Gasteiger partial charge in [0.1, 0.15) is 0 Å². The molecular formula is C20H24F3N3O. The van der Waals surface area contributed by atoms with Gasteiger partial charge in [0.05, 0.1) is 11.3 Å². The van der Waals surface area contributed by atoms with Crippen molar-refractivity contribution in [3.8, 4) is 0 Å². The molecule has 1 aromatic carbocycles. The van der Waals surface area contributed by atoms with Crippen LogP contribution >= 0.6 is 0 Å². The summed E-state index contributed by atoms with van der Waals surface area (Å²) in [6.07, 6.45) is -3.49. The van der Waals surface area contributed by atoms with E-state index in [1.54, 1.807) is 13.0 Å². The number of anilines is 1. The summed E-state index contributed by atoms with van der Waals surface area (Å²) in [5, 5.41) is 6.29. The number of rotatable bonds is 3. The van der Waals surface area contributed by atoms with Gasteiger partial charge in [-0.05, 0) is 41.4 Å². The SMILES string of the molecule is CCc1c(C(=O)Nc2cccc3c2C(C)CC3(C)C)c(C(F)(F)F)nn1C. The lowest BCUT2D eigenvalue weighted by molar-refractivity contribution is -0.141. The Morgan fingerprint density at radius 1 is 1.37 bits per heavy atom. The molecule has 1 unspecified atom stereocenters. The molecule has 0 saturated carbocycles. The minimum absolute atomic E-state index is 0.0322. The lowest BCUT2D eigenvalue weighted by Crippen LogP contribution is -2.20. The molecule has 1 amide bonds. The van der Waals surface area contributed by atoms with Crippen molar-refractivity contribution < 1.29 is 18.0 Å². The topological polar surface area (TPSA) is 46.9 Å². The number of aromatic nitrogens is 2. The van der Waals surface area contributed by atoms with Crippen molar-refractivity contribution in [2.24, 2.45) is 7.05 Å². The summed E-state index contributed by atoms with van der Waals surface area (Å²) in [7, 11) is 1.43. The highest BCUT2D eigenvalue weighted by atomic mass is 19.4. The van der Waals surface area contributed by atoms with Gasteiger partial charge in [-0.15, -0.1) is 0 Å². The van der Waals surface area contributed by atoms with Crippen molar-refractivity contribution in [1.29, 1.82) is 0 Å². The summed E-state index contributed by atoms with van der Waals surface area (Å²) < 4.78 is 41.4. The first kappa shape index (κ1) is 19.5. The predicted molar refractivity (Wildman–Crippen MR) is 98.0 cm³/mol. The zero-order valence-corrected chi connectivity index (χ0v) is 16.2. The van der Waals surface area contributed by atoms with E-state index in [-0.39, 0.29) is 23.4 Å². The number of nitrogens with one attached hydrogen (secondary N) is 1. The van der Waals surface area contributed by atoms with Crippen molar-refractivity contribution in [3.63, 3.8) is 0 Å². The highest BCUT2D eigenvalue weighted by Crippen LogP contribution is 2.48. The van der Waals surface area contributed by atoms with Crippen molar-refractivity contribution in [1.82, 2.24) is 9.78 Å². The van der Waals surface area contributed by atoms with E-state index in [1.807, 2.05) is 12.1 Å². The molecular weight excluding hydrogens is 355 g/mol. The number of hydrogen-bond donors (Lipinski definition) is 1. The Labute approximate surface area is 156 Å². The van der Waals surface area contributed by atoms with Crippen molar-refractivity contribution in [2.45, 2.75) is 58.0 Å². The van der Waals surface area contributed by atoms with E-state index in [0.717, 1.165) is 22.2 Å². The number of halogens is 3. The first-order chi connectivity index (χ1) is 12.5. The van der Waals surface area contributed by atoms with Crippen LogP contribution in [0.25, 0.3) is 0 Å². The van der Waals surface area contributed by atoms with E-state index >= 15 is 0 Å². The van der Waals surface area contributed by atoms with E-state index in [0.29, 0.717) is 5.69 Å². The largest absolute Gasteiger partial charge is 0.435 e. The lowest BCUT2D eigenvalue weighted by atomic mass is 9.86. The number of benzene rings is 1. The average Bonchev–Trinajstić information content (AvgIpc) is 3.01. The molecule has 1 aliphatic carbocycles. The highest BCUT2D eigenvalue weighted by molar-refractivity contribution is 6.06. The Morgan fingerprint density at radius 2 is 2.04 bits per heavy atom. The van der Waals surface area contributed by atoms with Crippen LogP contribution in [-0.2, 0) is 25.1 Å². The number of carbonyl (C=O) groups is 1. The molecule has 0 fully saturated rings. The molecule has 27 heavy (non-hydrogen) atoms. The fourth-order valence-electron chi connectivity index (χ4n) is 4.36. The summed E-state index contributed by atoms with van der Waals surface area (Å²) in [6, 6.07) is 5.62. The van der Waals surface area contributed by atoms with Gasteiger partial charge in [-0.3, -0.25) is 9.48 Å². The maximum absolute atomic E-state index is 13.4. The van der Waals surface area contributed by atoms with Crippen LogP contribution < -0.4 is 5.32 Å². The Kier molecular flexibility index (Phi) is 4.60. The van der Waals surface area contributed by atoms with Crippen molar-refractivity contribution in [3.05, 3.63) is 46.3 Å². The minimum atomic E-state index is -4.69.